The summed E-state index contributed by atoms with van der Waals surface area (Å²) in [5, 5.41) is 1.13. The molecule has 0 aromatic heterocycles. The number of amides is 1. The van der Waals surface area contributed by atoms with E-state index in [0.717, 1.165) is 5.19 Å². The van der Waals surface area contributed by atoms with Crippen molar-refractivity contribution < 1.29 is 23.5 Å². The third-order valence-corrected chi connectivity index (χ3v) is 8.59. The smallest absolute Gasteiger partial charge is 0.332 e. The molecule has 2 aromatic carbocycles. The van der Waals surface area contributed by atoms with Gasteiger partial charge in [0, 0.05) is 5.69 Å². The van der Waals surface area contributed by atoms with Crippen molar-refractivity contribution in [1.29, 1.82) is 0 Å². The lowest BCUT2D eigenvalue weighted by Gasteiger charge is -2.55. The molecule has 2 aromatic rings. The summed E-state index contributed by atoms with van der Waals surface area (Å²) >= 11 is 0. The molecular formula is C23H29NO5Si. The Labute approximate surface area is 178 Å². The van der Waals surface area contributed by atoms with E-state index in [4.69, 9.17) is 13.9 Å². The van der Waals surface area contributed by atoms with E-state index in [0.29, 0.717) is 11.4 Å². The average Bonchev–Trinajstić information content (AvgIpc) is 2.73. The molecule has 1 amide bonds. The Hall–Kier alpha value is -2.64. The number of β-lactam (4-membered cyclic amide) rings is 1. The quantitative estimate of drug-likeness (QED) is 0.386. The Morgan fingerprint density at radius 1 is 1.07 bits per heavy atom. The summed E-state index contributed by atoms with van der Waals surface area (Å²) in [6.07, 6.45) is -0.446. The maximum Gasteiger partial charge on any atom is 0.332 e. The molecule has 1 fully saturated rings. The van der Waals surface area contributed by atoms with Gasteiger partial charge in [-0.15, -0.1) is 0 Å². The first-order valence-electron chi connectivity index (χ1n) is 9.96. The molecule has 0 unspecified atom stereocenters. The van der Waals surface area contributed by atoms with Crippen LogP contribution in [0.3, 0.4) is 0 Å². The Balaban J connectivity index is 1.90. The van der Waals surface area contributed by atoms with Crippen LogP contribution in [0, 0.1) is 5.92 Å². The van der Waals surface area contributed by atoms with E-state index in [1.807, 2.05) is 37.3 Å². The lowest BCUT2D eigenvalue weighted by atomic mass is 9.71. The number of hydrogen-bond donors (Lipinski definition) is 0. The predicted octanol–water partition coefficient (Wildman–Crippen LogP) is 3.11. The molecule has 7 heteroatoms. The highest BCUT2D eigenvalue weighted by atomic mass is 28.4. The second-order valence-electron chi connectivity index (χ2n) is 8.19. The van der Waals surface area contributed by atoms with Crippen molar-refractivity contribution in [3.8, 4) is 5.75 Å². The average molecular weight is 428 g/mol. The second kappa shape index (κ2) is 8.24. The number of methoxy groups -OCH3 is 2. The van der Waals surface area contributed by atoms with Gasteiger partial charge in [0.05, 0.1) is 26.2 Å². The van der Waals surface area contributed by atoms with Gasteiger partial charge in [-0.3, -0.25) is 9.69 Å². The number of hydrogen-bond acceptors (Lipinski definition) is 5. The molecule has 1 aliphatic rings. The molecule has 0 spiro atoms. The largest absolute Gasteiger partial charge is 0.497 e. The first kappa shape index (κ1) is 22.1. The van der Waals surface area contributed by atoms with Crippen LogP contribution < -0.4 is 14.8 Å². The molecule has 0 aliphatic carbocycles. The molecule has 0 bridgehead atoms. The molecule has 1 saturated heterocycles. The van der Waals surface area contributed by atoms with Gasteiger partial charge in [0.2, 0.25) is 14.2 Å². The van der Waals surface area contributed by atoms with Crippen LogP contribution in [0.2, 0.25) is 13.1 Å². The first-order valence-corrected chi connectivity index (χ1v) is 12.9. The van der Waals surface area contributed by atoms with Gasteiger partial charge >= 0.3 is 5.97 Å². The van der Waals surface area contributed by atoms with Gasteiger partial charge in [0.15, 0.2) is 5.54 Å². The summed E-state index contributed by atoms with van der Waals surface area (Å²) in [6, 6.07) is 17.1. The maximum atomic E-state index is 13.2. The number of anilines is 1. The van der Waals surface area contributed by atoms with E-state index in [-0.39, 0.29) is 5.91 Å². The van der Waals surface area contributed by atoms with Gasteiger partial charge in [-0.25, -0.2) is 4.79 Å². The molecule has 1 aliphatic heterocycles. The predicted molar refractivity (Wildman–Crippen MR) is 118 cm³/mol. The van der Waals surface area contributed by atoms with Crippen LogP contribution in [-0.4, -0.2) is 46.1 Å². The van der Waals surface area contributed by atoms with Crippen LogP contribution >= 0.6 is 0 Å². The molecule has 3 atom stereocenters. The summed E-state index contributed by atoms with van der Waals surface area (Å²) in [5.41, 5.74) is -0.530. The van der Waals surface area contributed by atoms with Crippen LogP contribution in [0.5, 0.6) is 5.75 Å². The number of ether oxygens (including phenoxy) is 2. The minimum atomic E-state index is -2.28. The van der Waals surface area contributed by atoms with Gasteiger partial charge in [-0.2, -0.15) is 0 Å². The van der Waals surface area contributed by atoms with Crippen molar-refractivity contribution >= 4 is 31.1 Å². The number of benzene rings is 2. The first-order chi connectivity index (χ1) is 14.2. The van der Waals surface area contributed by atoms with Crippen molar-refractivity contribution in [1.82, 2.24) is 0 Å². The van der Waals surface area contributed by atoms with Crippen molar-refractivity contribution in [2.45, 2.75) is 38.6 Å². The van der Waals surface area contributed by atoms with E-state index in [2.05, 4.69) is 13.1 Å². The zero-order chi connectivity index (χ0) is 22.1. The molecule has 6 nitrogen and oxygen atoms in total. The standard InChI is InChI=1S/C23H29NO5Si/c1-16(29-30(5,6)19-10-8-7-9-11-19)20-21(25)24(23(20,2)22(26)28-4)17-12-14-18(27-3)15-13-17/h7-16,20H,1-6H3/t16-,20-,23+/m0/s1. The van der Waals surface area contributed by atoms with Crippen molar-refractivity contribution in [2.75, 3.05) is 19.1 Å². The summed E-state index contributed by atoms with van der Waals surface area (Å²) < 4.78 is 16.8. The highest BCUT2D eigenvalue weighted by Crippen LogP contribution is 2.45. The summed E-state index contributed by atoms with van der Waals surface area (Å²) in [4.78, 5) is 27.6. The molecule has 160 valence electrons. The van der Waals surface area contributed by atoms with Crippen LogP contribution in [0.25, 0.3) is 0 Å². The topological polar surface area (TPSA) is 65.1 Å². The summed E-state index contributed by atoms with van der Waals surface area (Å²) in [6.45, 7) is 7.80. The molecule has 0 radical (unpaired) electrons. The van der Waals surface area contributed by atoms with Crippen LogP contribution in [0.15, 0.2) is 54.6 Å². The van der Waals surface area contributed by atoms with Gasteiger partial charge in [-0.1, -0.05) is 30.3 Å². The fraction of sp³-hybridized carbons (Fsp3) is 0.391. The van der Waals surface area contributed by atoms with Crippen LogP contribution in [0.1, 0.15) is 13.8 Å². The van der Waals surface area contributed by atoms with E-state index in [1.165, 1.54) is 12.0 Å². The Kier molecular flexibility index (Phi) is 6.05. The van der Waals surface area contributed by atoms with Crippen LogP contribution in [0.4, 0.5) is 5.69 Å². The number of nitrogens with zero attached hydrogens (tertiary/aromatic N) is 1. The lowest BCUT2D eigenvalue weighted by Crippen LogP contribution is -2.77. The van der Waals surface area contributed by atoms with Gasteiger partial charge < -0.3 is 13.9 Å². The summed E-state index contributed by atoms with van der Waals surface area (Å²) in [5.74, 6) is -0.575. The Bertz CT molecular complexity index is 915. The van der Waals surface area contributed by atoms with Crippen molar-refractivity contribution in [3.05, 3.63) is 54.6 Å². The SMILES string of the molecule is COC(=O)[C@@]1(C)[C@@H]([C@H](C)O[Si](C)(C)c2ccccc2)C(=O)N1c1ccc(OC)cc1. The highest BCUT2D eigenvalue weighted by Gasteiger charge is 2.65. The zero-order valence-electron chi connectivity index (χ0n) is 18.3. The molecule has 30 heavy (non-hydrogen) atoms. The lowest BCUT2D eigenvalue weighted by molar-refractivity contribution is -0.163. The normalized spacial score (nSPS) is 22.3. The number of carbonyl (C=O) groups excluding carboxylic acids is 2. The van der Waals surface area contributed by atoms with Crippen LogP contribution in [-0.2, 0) is 18.8 Å². The molecule has 3 rings (SSSR count). The van der Waals surface area contributed by atoms with E-state index in [1.54, 1.807) is 38.3 Å². The maximum absolute atomic E-state index is 13.2. The van der Waals surface area contributed by atoms with E-state index >= 15 is 0 Å². The molecule has 0 saturated carbocycles. The zero-order valence-corrected chi connectivity index (χ0v) is 19.3. The van der Waals surface area contributed by atoms with Crippen molar-refractivity contribution in [3.63, 3.8) is 0 Å². The molecule has 1 heterocycles. The third kappa shape index (κ3) is 3.63. The Morgan fingerprint density at radius 3 is 2.20 bits per heavy atom. The fourth-order valence-electron chi connectivity index (χ4n) is 4.33. The second-order valence-corrected chi connectivity index (χ2v) is 12.0. The number of rotatable bonds is 7. The van der Waals surface area contributed by atoms with Gasteiger partial charge in [0.25, 0.3) is 0 Å². The number of carbonyl (C=O) groups is 2. The van der Waals surface area contributed by atoms with Gasteiger partial charge in [0.1, 0.15) is 5.75 Å². The van der Waals surface area contributed by atoms with Gasteiger partial charge in [-0.05, 0) is 56.4 Å². The van der Waals surface area contributed by atoms with E-state index < -0.39 is 31.8 Å². The fourth-order valence-corrected chi connectivity index (χ4v) is 6.53. The Morgan fingerprint density at radius 2 is 1.67 bits per heavy atom. The molecule has 0 N–H and O–H groups in total. The minimum absolute atomic E-state index is 0.154. The van der Waals surface area contributed by atoms with E-state index in [9.17, 15) is 9.59 Å². The number of esters is 1. The summed E-state index contributed by atoms with van der Waals surface area (Å²) in [7, 11) is 0.642. The minimum Gasteiger partial charge on any atom is -0.497 e. The third-order valence-electron chi connectivity index (χ3n) is 5.90. The molecular weight excluding hydrogens is 398 g/mol. The van der Waals surface area contributed by atoms with Crippen molar-refractivity contribution in [2.24, 2.45) is 5.92 Å². The highest BCUT2D eigenvalue weighted by molar-refractivity contribution is 6.84. The monoisotopic (exact) mass is 427 g/mol.